The van der Waals surface area contributed by atoms with Gasteiger partial charge in [-0.25, -0.2) is 0 Å². The molecule has 0 aliphatic carbocycles. The average Bonchev–Trinajstić information content (AvgIpc) is 2.65. The molecule has 1 saturated heterocycles. The Hall–Kier alpha value is -1.55. The molecule has 0 aromatic heterocycles. The summed E-state index contributed by atoms with van der Waals surface area (Å²) < 4.78 is 5.99. The summed E-state index contributed by atoms with van der Waals surface area (Å²) in [7, 11) is 3.92. The van der Waals surface area contributed by atoms with Gasteiger partial charge in [-0.15, -0.1) is 0 Å². The maximum absolute atomic E-state index is 12.3. The predicted octanol–water partition coefficient (Wildman–Crippen LogP) is 0.834. The quantitative estimate of drug-likeness (QED) is 0.664. The number of likely N-dealkylation sites (tertiary alicyclic amines) is 1. The first kappa shape index (κ1) is 10.6. The van der Waals surface area contributed by atoms with Crippen molar-refractivity contribution < 1.29 is 9.53 Å². The van der Waals surface area contributed by atoms with Gasteiger partial charge in [0.1, 0.15) is 11.9 Å². The van der Waals surface area contributed by atoms with E-state index in [0.29, 0.717) is 11.3 Å². The summed E-state index contributed by atoms with van der Waals surface area (Å²) in [5.41, 5.74) is 0.673. The SMILES string of the molecule is CN1CC2Oc3ccccc3C(=O)N(C)C2C1. The van der Waals surface area contributed by atoms with Crippen LogP contribution in [0.2, 0.25) is 0 Å². The number of hydrogen-bond donors (Lipinski definition) is 0. The molecule has 3 rings (SSSR count). The molecule has 0 N–H and O–H groups in total. The molecule has 1 amide bonds. The van der Waals surface area contributed by atoms with Gasteiger partial charge in [0.25, 0.3) is 5.91 Å². The minimum absolute atomic E-state index is 0.0587. The van der Waals surface area contributed by atoms with Crippen LogP contribution < -0.4 is 4.74 Å². The monoisotopic (exact) mass is 232 g/mol. The van der Waals surface area contributed by atoms with Gasteiger partial charge >= 0.3 is 0 Å². The second kappa shape index (κ2) is 3.74. The first-order valence-electron chi connectivity index (χ1n) is 5.88. The molecule has 4 heteroatoms. The smallest absolute Gasteiger partial charge is 0.257 e. The Morgan fingerprint density at radius 2 is 2.00 bits per heavy atom. The zero-order chi connectivity index (χ0) is 12.0. The number of likely N-dealkylation sites (N-methyl/N-ethyl adjacent to an activating group) is 2. The third-order valence-corrected chi connectivity index (χ3v) is 3.63. The molecule has 0 radical (unpaired) electrons. The zero-order valence-electron chi connectivity index (χ0n) is 10.1. The van der Waals surface area contributed by atoms with Crippen molar-refractivity contribution in [1.29, 1.82) is 0 Å². The number of carbonyl (C=O) groups is 1. The molecule has 0 bridgehead atoms. The Morgan fingerprint density at radius 3 is 2.82 bits per heavy atom. The van der Waals surface area contributed by atoms with Gasteiger partial charge in [-0.05, 0) is 19.2 Å². The third kappa shape index (κ3) is 1.60. The Bertz CT molecular complexity index is 460. The largest absolute Gasteiger partial charge is 0.486 e. The second-order valence-corrected chi connectivity index (χ2v) is 4.86. The van der Waals surface area contributed by atoms with E-state index in [2.05, 4.69) is 11.9 Å². The normalized spacial score (nSPS) is 28.4. The maximum atomic E-state index is 12.3. The van der Waals surface area contributed by atoms with E-state index in [1.54, 1.807) is 0 Å². The Morgan fingerprint density at radius 1 is 1.24 bits per heavy atom. The van der Waals surface area contributed by atoms with Crippen LogP contribution in [-0.4, -0.2) is 55.0 Å². The molecule has 2 atom stereocenters. The number of ether oxygens (including phenoxy) is 1. The average molecular weight is 232 g/mol. The molecule has 90 valence electrons. The molecule has 4 nitrogen and oxygen atoms in total. The van der Waals surface area contributed by atoms with Crippen molar-refractivity contribution in [3.05, 3.63) is 29.8 Å². The standard InChI is InChI=1S/C13H16N2O2/c1-14-7-10-12(8-14)17-11-6-4-3-5-9(11)13(16)15(10)2/h3-6,10,12H,7-8H2,1-2H3. The lowest BCUT2D eigenvalue weighted by molar-refractivity contribution is 0.0682. The van der Waals surface area contributed by atoms with Gasteiger partial charge in [0.15, 0.2) is 0 Å². The zero-order valence-corrected chi connectivity index (χ0v) is 10.1. The van der Waals surface area contributed by atoms with Crippen molar-refractivity contribution in [3.8, 4) is 5.75 Å². The van der Waals surface area contributed by atoms with Gasteiger partial charge < -0.3 is 14.5 Å². The summed E-state index contributed by atoms with van der Waals surface area (Å²) in [4.78, 5) is 16.3. The minimum Gasteiger partial charge on any atom is -0.486 e. The van der Waals surface area contributed by atoms with Crippen LogP contribution in [0.5, 0.6) is 5.75 Å². The van der Waals surface area contributed by atoms with Crippen molar-refractivity contribution in [2.45, 2.75) is 12.1 Å². The minimum atomic E-state index is 0.0587. The van der Waals surface area contributed by atoms with Gasteiger partial charge in [0.2, 0.25) is 0 Å². The number of nitrogens with zero attached hydrogens (tertiary/aromatic N) is 2. The summed E-state index contributed by atoms with van der Waals surface area (Å²) in [5, 5.41) is 0. The Kier molecular flexibility index (Phi) is 2.33. The number of amides is 1. The van der Waals surface area contributed by atoms with E-state index in [0.717, 1.165) is 13.1 Å². The number of para-hydroxylation sites is 1. The van der Waals surface area contributed by atoms with Crippen LogP contribution in [0.3, 0.4) is 0 Å². The van der Waals surface area contributed by atoms with E-state index < -0.39 is 0 Å². The lowest BCUT2D eigenvalue weighted by Gasteiger charge is -2.25. The molecule has 2 aliphatic heterocycles. The highest BCUT2D eigenvalue weighted by Gasteiger charge is 2.40. The van der Waals surface area contributed by atoms with Crippen LogP contribution >= 0.6 is 0 Å². The topological polar surface area (TPSA) is 32.8 Å². The van der Waals surface area contributed by atoms with E-state index in [4.69, 9.17) is 4.74 Å². The highest BCUT2D eigenvalue weighted by atomic mass is 16.5. The molecule has 1 aromatic carbocycles. The lowest BCUT2D eigenvalue weighted by atomic mass is 10.1. The van der Waals surface area contributed by atoms with Gasteiger partial charge in [-0.1, -0.05) is 12.1 Å². The fourth-order valence-electron chi connectivity index (χ4n) is 2.68. The number of hydrogen-bond acceptors (Lipinski definition) is 3. The summed E-state index contributed by atoms with van der Waals surface area (Å²) >= 11 is 0. The van der Waals surface area contributed by atoms with E-state index in [1.165, 1.54) is 0 Å². The number of carbonyl (C=O) groups excluding carboxylic acids is 1. The molecule has 1 aromatic rings. The number of benzene rings is 1. The molecular formula is C13H16N2O2. The highest BCUT2D eigenvalue weighted by Crippen LogP contribution is 2.29. The van der Waals surface area contributed by atoms with Gasteiger partial charge in [0.05, 0.1) is 11.6 Å². The van der Waals surface area contributed by atoms with Crippen LogP contribution in [0.15, 0.2) is 24.3 Å². The fraction of sp³-hybridized carbons (Fsp3) is 0.462. The molecule has 17 heavy (non-hydrogen) atoms. The van der Waals surface area contributed by atoms with Gasteiger partial charge in [-0.3, -0.25) is 4.79 Å². The van der Waals surface area contributed by atoms with Crippen molar-refractivity contribution in [3.63, 3.8) is 0 Å². The molecule has 0 spiro atoms. The van der Waals surface area contributed by atoms with Gasteiger partial charge in [-0.2, -0.15) is 0 Å². The van der Waals surface area contributed by atoms with Crippen molar-refractivity contribution in [2.75, 3.05) is 27.2 Å². The lowest BCUT2D eigenvalue weighted by Crippen LogP contribution is -2.44. The first-order chi connectivity index (χ1) is 8.16. The maximum Gasteiger partial charge on any atom is 0.257 e. The van der Waals surface area contributed by atoms with E-state index in [-0.39, 0.29) is 18.1 Å². The molecule has 1 fully saturated rings. The first-order valence-corrected chi connectivity index (χ1v) is 5.88. The Balaban J connectivity index is 2.04. The van der Waals surface area contributed by atoms with Crippen LogP contribution in [0.1, 0.15) is 10.4 Å². The summed E-state index contributed by atoms with van der Waals surface area (Å²) in [6, 6.07) is 7.65. The van der Waals surface area contributed by atoms with Crippen LogP contribution in [-0.2, 0) is 0 Å². The van der Waals surface area contributed by atoms with Crippen molar-refractivity contribution >= 4 is 5.91 Å². The summed E-state index contributed by atoms with van der Waals surface area (Å²) in [6.07, 6.45) is 0.0811. The molecule has 2 unspecified atom stereocenters. The summed E-state index contributed by atoms with van der Waals surface area (Å²) in [6.45, 7) is 1.75. The Labute approximate surface area is 101 Å². The van der Waals surface area contributed by atoms with E-state index in [1.807, 2.05) is 36.2 Å². The van der Waals surface area contributed by atoms with E-state index in [9.17, 15) is 4.79 Å². The van der Waals surface area contributed by atoms with E-state index >= 15 is 0 Å². The molecule has 2 aliphatic rings. The molecular weight excluding hydrogens is 216 g/mol. The van der Waals surface area contributed by atoms with Crippen molar-refractivity contribution in [2.24, 2.45) is 0 Å². The van der Waals surface area contributed by atoms with Crippen molar-refractivity contribution in [1.82, 2.24) is 9.80 Å². The fourth-order valence-corrected chi connectivity index (χ4v) is 2.68. The van der Waals surface area contributed by atoms with Crippen LogP contribution in [0.4, 0.5) is 0 Å². The van der Waals surface area contributed by atoms with Crippen LogP contribution in [0.25, 0.3) is 0 Å². The number of rotatable bonds is 0. The predicted molar refractivity (Wildman–Crippen MR) is 64.2 cm³/mol. The number of fused-ring (bicyclic) bond motifs is 2. The molecule has 2 heterocycles. The third-order valence-electron chi connectivity index (χ3n) is 3.63. The van der Waals surface area contributed by atoms with Crippen LogP contribution in [0, 0.1) is 0 Å². The second-order valence-electron chi connectivity index (χ2n) is 4.86. The van der Waals surface area contributed by atoms with Gasteiger partial charge in [0, 0.05) is 20.1 Å². The highest BCUT2D eigenvalue weighted by molar-refractivity contribution is 5.97. The summed E-state index contributed by atoms with van der Waals surface area (Å²) in [5.74, 6) is 0.774. The molecule has 0 saturated carbocycles.